The largest absolute Gasteiger partial charge is 0.573 e. The van der Waals surface area contributed by atoms with E-state index in [4.69, 9.17) is 4.74 Å². The molecule has 2 aromatic carbocycles. The van der Waals surface area contributed by atoms with Crippen LogP contribution in [0.25, 0.3) is 5.69 Å². The van der Waals surface area contributed by atoms with E-state index >= 15 is 0 Å². The predicted molar refractivity (Wildman–Crippen MR) is 113 cm³/mol. The maximum Gasteiger partial charge on any atom is 0.573 e. The fourth-order valence-electron chi connectivity index (χ4n) is 3.16. The first kappa shape index (κ1) is 22.6. The number of hydrogen-bond acceptors (Lipinski definition) is 6. The number of ether oxygens (including phenoxy) is 2. The van der Waals surface area contributed by atoms with Gasteiger partial charge in [0.15, 0.2) is 0 Å². The molecule has 0 atom stereocenters. The molecule has 0 amide bonds. The van der Waals surface area contributed by atoms with Crippen molar-refractivity contribution in [2.24, 2.45) is 0 Å². The lowest BCUT2D eigenvalue weighted by Crippen LogP contribution is -2.23. The van der Waals surface area contributed by atoms with Gasteiger partial charge in [0.25, 0.3) is 0 Å². The summed E-state index contributed by atoms with van der Waals surface area (Å²) in [5.41, 5.74) is 0.0475. The van der Waals surface area contributed by atoms with Crippen molar-refractivity contribution in [3.05, 3.63) is 101 Å². The van der Waals surface area contributed by atoms with Crippen molar-refractivity contribution in [1.82, 2.24) is 14.1 Å². The van der Waals surface area contributed by atoms with Crippen molar-refractivity contribution in [2.75, 3.05) is 0 Å². The number of aromatic nitrogens is 3. The molecule has 8 nitrogen and oxygen atoms in total. The third-order valence-corrected chi connectivity index (χ3v) is 4.61. The van der Waals surface area contributed by atoms with Crippen molar-refractivity contribution in [3.8, 4) is 23.1 Å². The standard InChI is InChI=1S/C23H16F3N3O5/c24-23(25,26)34-18-8-6-16(7-9-18)29-20(30)14-28(22(29)32)13-15-10-11-27-19(12-15)21(31)33-17-4-2-1-3-5-17/h1-12,14,30H,13H2. The van der Waals surface area contributed by atoms with Crippen molar-refractivity contribution >= 4 is 5.97 Å². The lowest BCUT2D eigenvalue weighted by molar-refractivity contribution is -0.274. The molecule has 0 aliphatic carbocycles. The maximum atomic E-state index is 12.8. The normalized spacial score (nSPS) is 11.3. The van der Waals surface area contributed by atoms with Crippen LogP contribution in [0.5, 0.6) is 17.4 Å². The Hall–Kier alpha value is -4.54. The van der Waals surface area contributed by atoms with Gasteiger partial charge in [0.2, 0.25) is 5.88 Å². The van der Waals surface area contributed by atoms with Gasteiger partial charge in [-0.1, -0.05) is 18.2 Å². The third-order valence-electron chi connectivity index (χ3n) is 4.61. The van der Waals surface area contributed by atoms with Gasteiger partial charge in [-0.15, -0.1) is 13.2 Å². The average Bonchev–Trinajstić information content (AvgIpc) is 3.07. The fourth-order valence-corrected chi connectivity index (χ4v) is 3.16. The highest BCUT2D eigenvalue weighted by Crippen LogP contribution is 2.24. The second kappa shape index (κ2) is 9.14. The molecule has 0 unspecified atom stereocenters. The van der Waals surface area contributed by atoms with Crippen LogP contribution < -0.4 is 15.2 Å². The lowest BCUT2D eigenvalue weighted by Gasteiger charge is -2.09. The topological polar surface area (TPSA) is 95.6 Å². The molecule has 0 radical (unpaired) electrons. The number of halogens is 3. The monoisotopic (exact) mass is 471 g/mol. The molecular formula is C23H16F3N3O5. The molecule has 0 fully saturated rings. The molecule has 0 aliphatic rings. The van der Waals surface area contributed by atoms with Crippen molar-refractivity contribution < 1.29 is 32.5 Å². The highest BCUT2D eigenvalue weighted by atomic mass is 19.4. The SMILES string of the molecule is O=C(Oc1ccccc1)c1cc(Cn2cc(O)n(-c3ccc(OC(F)(F)F)cc3)c2=O)ccn1. The first-order valence-electron chi connectivity index (χ1n) is 9.79. The summed E-state index contributed by atoms with van der Waals surface area (Å²) in [4.78, 5) is 29.2. The minimum Gasteiger partial charge on any atom is -0.493 e. The molecule has 2 heterocycles. The van der Waals surface area contributed by atoms with Gasteiger partial charge < -0.3 is 14.6 Å². The summed E-state index contributed by atoms with van der Waals surface area (Å²) in [5, 5.41) is 10.3. The van der Waals surface area contributed by atoms with E-state index in [0.29, 0.717) is 11.3 Å². The molecule has 1 N–H and O–H groups in total. The second-order valence-corrected chi connectivity index (χ2v) is 7.03. The van der Waals surface area contributed by atoms with E-state index in [0.717, 1.165) is 16.7 Å². The van der Waals surface area contributed by atoms with Gasteiger partial charge in [-0.25, -0.2) is 19.1 Å². The summed E-state index contributed by atoms with van der Waals surface area (Å²) in [6.45, 7) is -0.0111. The summed E-state index contributed by atoms with van der Waals surface area (Å²) in [6, 6.07) is 16.0. The zero-order chi connectivity index (χ0) is 24.3. The summed E-state index contributed by atoms with van der Waals surface area (Å²) in [5.74, 6) is -1.21. The molecule has 0 spiro atoms. The third kappa shape index (κ3) is 5.26. The Morgan fingerprint density at radius 2 is 1.71 bits per heavy atom. The number of carbonyl (C=O) groups is 1. The molecular weight excluding hydrogens is 455 g/mol. The summed E-state index contributed by atoms with van der Waals surface area (Å²) in [6.07, 6.45) is -2.29. The number of alkyl halides is 3. The van der Waals surface area contributed by atoms with Crippen molar-refractivity contribution in [2.45, 2.75) is 12.9 Å². The fraction of sp³-hybridized carbons (Fsp3) is 0.0870. The van der Waals surface area contributed by atoms with Crippen LogP contribution in [-0.2, 0) is 6.54 Å². The number of pyridine rings is 1. The van der Waals surface area contributed by atoms with Crippen LogP contribution in [0.1, 0.15) is 16.1 Å². The van der Waals surface area contributed by atoms with Crippen molar-refractivity contribution in [1.29, 1.82) is 0 Å². The predicted octanol–water partition coefficient (Wildman–Crippen LogP) is 3.91. The molecule has 4 rings (SSSR count). The first-order chi connectivity index (χ1) is 16.2. The first-order valence-corrected chi connectivity index (χ1v) is 9.79. The number of aromatic hydroxyl groups is 1. The molecule has 0 bridgehead atoms. The highest BCUT2D eigenvalue weighted by molar-refractivity contribution is 5.89. The number of carbonyl (C=O) groups excluding carboxylic acids is 1. The maximum absolute atomic E-state index is 12.8. The number of imidazole rings is 1. The van der Waals surface area contributed by atoms with Crippen LogP contribution in [0, 0.1) is 0 Å². The molecule has 4 aromatic rings. The molecule has 2 aromatic heterocycles. The Labute approximate surface area is 190 Å². The van der Waals surface area contributed by atoms with Gasteiger partial charge in [-0.2, -0.15) is 0 Å². The van der Waals surface area contributed by atoms with E-state index in [1.807, 2.05) is 0 Å². The van der Waals surface area contributed by atoms with Crippen LogP contribution in [0.2, 0.25) is 0 Å². The van der Waals surface area contributed by atoms with Crippen LogP contribution in [0.3, 0.4) is 0 Å². The number of benzene rings is 2. The summed E-state index contributed by atoms with van der Waals surface area (Å²) < 4.78 is 48.2. The molecule has 174 valence electrons. The smallest absolute Gasteiger partial charge is 0.493 e. The zero-order valence-corrected chi connectivity index (χ0v) is 17.3. The van der Waals surface area contributed by atoms with Crippen LogP contribution in [0.4, 0.5) is 13.2 Å². The molecule has 11 heteroatoms. The van der Waals surface area contributed by atoms with Gasteiger partial charge >= 0.3 is 18.0 Å². The van der Waals surface area contributed by atoms with Crippen LogP contribution >= 0.6 is 0 Å². The van der Waals surface area contributed by atoms with E-state index in [9.17, 15) is 27.9 Å². The van der Waals surface area contributed by atoms with Gasteiger partial charge in [0.05, 0.1) is 18.4 Å². The average molecular weight is 471 g/mol. The van der Waals surface area contributed by atoms with E-state index in [2.05, 4.69) is 9.72 Å². The Kier molecular flexibility index (Phi) is 6.09. The minimum atomic E-state index is -4.85. The Morgan fingerprint density at radius 1 is 1.00 bits per heavy atom. The van der Waals surface area contributed by atoms with E-state index < -0.39 is 29.7 Å². The lowest BCUT2D eigenvalue weighted by atomic mass is 10.2. The quantitative estimate of drug-likeness (QED) is 0.339. The number of esters is 1. The van der Waals surface area contributed by atoms with E-state index in [1.165, 1.54) is 35.2 Å². The number of rotatable bonds is 6. The number of nitrogens with zero attached hydrogens (tertiary/aromatic N) is 3. The molecule has 0 aliphatic heterocycles. The van der Waals surface area contributed by atoms with Gasteiger partial charge in [-0.05, 0) is 54.1 Å². The van der Waals surface area contributed by atoms with E-state index in [1.54, 1.807) is 36.4 Å². The van der Waals surface area contributed by atoms with Gasteiger partial charge in [0, 0.05) is 6.20 Å². The van der Waals surface area contributed by atoms with Gasteiger partial charge in [0.1, 0.15) is 17.2 Å². The molecule has 0 saturated heterocycles. The number of para-hydroxylation sites is 1. The molecule has 34 heavy (non-hydrogen) atoms. The molecule has 0 saturated carbocycles. The Bertz CT molecular complexity index is 1360. The van der Waals surface area contributed by atoms with Crippen LogP contribution in [0.15, 0.2) is 83.9 Å². The Morgan fingerprint density at radius 3 is 2.38 bits per heavy atom. The Balaban J connectivity index is 1.53. The number of hydrogen-bond donors (Lipinski definition) is 1. The second-order valence-electron chi connectivity index (χ2n) is 7.03. The minimum absolute atomic E-state index is 0.0111. The zero-order valence-electron chi connectivity index (χ0n) is 17.3. The van der Waals surface area contributed by atoms with Crippen molar-refractivity contribution in [3.63, 3.8) is 0 Å². The van der Waals surface area contributed by atoms with Crippen LogP contribution in [-0.4, -0.2) is 31.6 Å². The van der Waals surface area contributed by atoms with Gasteiger partial charge in [-0.3, -0.25) is 4.57 Å². The summed E-state index contributed by atoms with van der Waals surface area (Å²) >= 11 is 0. The highest BCUT2D eigenvalue weighted by Gasteiger charge is 2.31. The van der Waals surface area contributed by atoms with E-state index in [-0.39, 0.29) is 17.9 Å². The summed E-state index contributed by atoms with van der Waals surface area (Å²) in [7, 11) is 0.